The minimum atomic E-state index is -0.595. The molecule has 0 saturated heterocycles. The van der Waals surface area contributed by atoms with Gasteiger partial charge in [-0.15, -0.1) is 0 Å². The largest absolute Gasteiger partial charge is 0.481 e. The van der Waals surface area contributed by atoms with Crippen LogP contribution in [0.3, 0.4) is 0 Å². The van der Waals surface area contributed by atoms with Gasteiger partial charge in [0.25, 0.3) is 0 Å². The van der Waals surface area contributed by atoms with Gasteiger partial charge in [0.05, 0.1) is 5.92 Å². The lowest BCUT2D eigenvalue weighted by Gasteiger charge is -2.42. The van der Waals surface area contributed by atoms with Crippen molar-refractivity contribution in [3.05, 3.63) is 0 Å². The standard InChI is InChI=1S/C14H26O2/c1-9(2)10-6-7-11(13(15)16)12(8-10)14(3,4)5/h9-12H,6-8H2,1-5H3,(H,15,16). The van der Waals surface area contributed by atoms with Crippen molar-refractivity contribution in [2.75, 3.05) is 0 Å². The van der Waals surface area contributed by atoms with Crippen LogP contribution in [0.2, 0.25) is 0 Å². The van der Waals surface area contributed by atoms with Gasteiger partial charge in [-0.1, -0.05) is 34.6 Å². The monoisotopic (exact) mass is 226 g/mol. The lowest BCUT2D eigenvalue weighted by atomic mass is 9.62. The van der Waals surface area contributed by atoms with Crippen LogP contribution in [0, 0.1) is 29.1 Å². The third-order valence-corrected chi connectivity index (χ3v) is 4.26. The molecule has 16 heavy (non-hydrogen) atoms. The predicted molar refractivity (Wildman–Crippen MR) is 66.2 cm³/mol. The molecule has 0 radical (unpaired) electrons. The summed E-state index contributed by atoms with van der Waals surface area (Å²) in [6, 6.07) is 0. The highest BCUT2D eigenvalue weighted by atomic mass is 16.4. The first-order chi connectivity index (χ1) is 7.23. The van der Waals surface area contributed by atoms with Crippen LogP contribution in [0.15, 0.2) is 0 Å². The number of rotatable bonds is 2. The Labute approximate surface area is 99.4 Å². The van der Waals surface area contributed by atoms with Crippen LogP contribution in [-0.4, -0.2) is 11.1 Å². The van der Waals surface area contributed by atoms with Crippen LogP contribution in [0.25, 0.3) is 0 Å². The van der Waals surface area contributed by atoms with Crippen LogP contribution in [0.5, 0.6) is 0 Å². The van der Waals surface area contributed by atoms with Gasteiger partial charge in [-0.2, -0.15) is 0 Å². The Morgan fingerprint density at radius 1 is 1.25 bits per heavy atom. The number of carboxylic acid groups (broad SMARTS) is 1. The predicted octanol–water partition coefficient (Wildman–Crippen LogP) is 3.81. The summed E-state index contributed by atoms with van der Waals surface area (Å²) in [5, 5.41) is 9.30. The summed E-state index contributed by atoms with van der Waals surface area (Å²) in [7, 11) is 0. The zero-order valence-corrected chi connectivity index (χ0v) is 11.3. The average molecular weight is 226 g/mol. The maximum Gasteiger partial charge on any atom is 0.306 e. The molecule has 3 atom stereocenters. The first kappa shape index (κ1) is 13.5. The molecule has 0 aliphatic heterocycles. The smallest absolute Gasteiger partial charge is 0.306 e. The molecular weight excluding hydrogens is 200 g/mol. The van der Waals surface area contributed by atoms with E-state index in [2.05, 4.69) is 34.6 Å². The van der Waals surface area contributed by atoms with Crippen LogP contribution in [-0.2, 0) is 4.79 Å². The molecule has 0 aromatic rings. The van der Waals surface area contributed by atoms with E-state index in [1.54, 1.807) is 0 Å². The van der Waals surface area contributed by atoms with E-state index >= 15 is 0 Å². The molecule has 1 aliphatic carbocycles. The average Bonchev–Trinajstić information content (AvgIpc) is 2.15. The van der Waals surface area contributed by atoms with Crippen LogP contribution < -0.4 is 0 Å². The Morgan fingerprint density at radius 3 is 2.19 bits per heavy atom. The van der Waals surface area contributed by atoms with Crippen molar-refractivity contribution in [2.24, 2.45) is 29.1 Å². The van der Waals surface area contributed by atoms with E-state index in [9.17, 15) is 9.90 Å². The molecule has 1 fully saturated rings. The van der Waals surface area contributed by atoms with Crippen molar-refractivity contribution in [3.63, 3.8) is 0 Å². The lowest BCUT2D eigenvalue weighted by molar-refractivity contribution is -0.148. The van der Waals surface area contributed by atoms with Gasteiger partial charge in [0.1, 0.15) is 0 Å². The quantitative estimate of drug-likeness (QED) is 0.777. The zero-order chi connectivity index (χ0) is 12.5. The third-order valence-electron chi connectivity index (χ3n) is 4.26. The molecule has 0 heterocycles. The van der Waals surface area contributed by atoms with E-state index in [1.807, 2.05) is 0 Å². The lowest BCUT2D eigenvalue weighted by Crippen LogP contribution is -2.39. The SMILES string of the molecule is CC(C)C1CCC(C(=O)O)C(C(C)(C)C)C1. The number of aliphatic carboxylic acids is 1. The molecule has 1 rings (SSSR count). The summed E-state index contributed by atoms with van der Waals surface area (Å²) in [6.07, 6.45) is 3.03. The molecule has 1 aliphatic rings. The number of carbonyl (C=O) groups is 1. The van der Waals surface area contributed by atoms with E-state index in [0.717, 1.165) is 19.3 Å². The van der Waals surface area contributed by atoms with Gasteiger partial charge in [0.2, 0.25) is 0 Å². The molecular formula is C14H26O2. The Hall–Kier alpha value is -0.530. The van der Waals surface area contributed by atoms with E-state index in [0.29, 0.717) is 17.8 Å². The number of carboxylic acids is 1. The topological polar surface area (TPSA) is 37.3 Å². The molecule has 0 bridgehead atoms. The molecule has 0 amide bonds. The normalized spacial score (nSPS) is 31.8. The minimum Gasteiger partial charge on any atom is -0.481 e. The van der Waals surface area contributed by atoms with E-state index < -0.39 is 5.97 Å². The summed E-state index contributed by atoms with van der Waals surface area (Å²) in [6.45, 7) is 11.0. The molecule has 3 unspecified atom stereocenters. The summed E-state index contributed by atoms with van der Waals surface area (Å²) in [5.74, 6) is 0.989. The summed E-state index contributed by atoms with van der Waals surface area (Å²) < 4.78 is 0. The molecule has 0 spiro atoms. The maximum absolute atomic E-state index is 11.3. The first-order valence-electron chi connectivity index (χ1n) is 6.46. The van der Waals surface area contributed by atoms with Crippen LogP contribution in [0.4, 0.5) is 0 Å². The van der Waals surface area contributed by atoms with Gasteiger partial charge in [0.15, 0.2) is 0 Å². The van der Waals surface area contributed by atoms with Gasteiger partial charge >= 0.3 is 5.97 Å². The van der Waals surface area contributed by atoms with Crippen molar-refractivity contribution in [1.82, 2.24) is 0 Å². The Morgan fingerprint density at radius 2 is 1.81 bits per heavy atom. The van der Waals surface area contributed by atoms with Gasteiger partial charge in [-0.3, -0.25) is 4.79 Å². The second-order valence-corrected chi connectivity index (χ2v) is 6.73. The first-order valence-corrected chi connectivity index (χ1v) is 6.46. The van der Waals surface area contributed by atoms with Gasteiger partial charge in [-0.05, 0) is 42.4 Å². The third kappa shape index (κ3) is 2.99. The molecule has 0 aromatic carbocycles. The Bertz CT molecular complexity index is 250. The van der Waals surface area contributed by atoms with Gasteiger partial charge in [-0.25, -0.2) is 0 Å². The molecule has 0 aromatic heterocycles. The van der Waals surface area contributed by atoms with E-state index in [4.69, 9.17) is 0 Å². The Kier molecular flexibility index (Phi) is 4.03. The van der Waals surface area contributed by atoms with Gasteiger partial charge in [0, 0.05) is 0 Å². The van der Waals surface area contributed by atoms with Crippen molar-refractivity contribution < 1.29 is 9.90 Å². The fraction of sp³-hybridized carbons (Fsp3) is 0.929. The highest BCUT2D eigenvalue weighted by Gasteiger charge is 2.41. The van der Waals surface area contributed by atoms with E-state index in [-0.39, 0.29) is 11.3 Å². The summed E-state index contributed by atoms with van der Waals surface area (Å²) >= 11 is 0. The molecule has 2 heteroatoms. The maximum atomic E-state index is 11.3. The highest BCUT2D eigenvalue weighted by molar-refractivity contribution is 5.70. The van der Waals surface area contributed by atoms with Gasteiger partial charge < -0.3 is 5.11 Å². The number of hydrogen-bond acceptors (Lipinski definition) is 1. The summed E-state index contributed by atoms with van der Waals surface area (Å²) in [5.41, 5.74) is 0.108. The highest BCUT2D eigenvalue weighted by Crippen LogP contribution is 2.45. The van der Waals surface area contributed by atoms with Crippen molar-refractivity contribution >= 4 is 5.97 Å². The molecule has 1 saturated carbocycles. The van der Waals surface area contributed by atoms with Crippen molar-refractivity contribution in [1.29, 1.82) is 0 Å². The summed E-state index contributed by atoms with van der Waals surface area (Å²) in [4.78, 5) is 11.3. The fourth-order valence-electron chi connectivity index (χ4n) is 3.06. The zero-order valence-electron chi connectivity index (χ0n) is 11.3. The second kappa shape index (κ2) is 4.77. The van der Waals surface area contributed by atoms with Crippen molar-refractivity contribution in [2.45, 2.75) is 53.9 Å². The molecule has 1 N–H and O–H groups in total. The van der Waals surface area contributed by atoms with Crippen LogP contribution in [0.1, 0.15) is 53.9 Å². The van der Waals surface area contributed by atoms with Crippen LogP contribution >= 0.6 is 0 Å². The number of hydrogen-bond donors (Lipinski definition) is 1. The second-order valence-electron chi connectivity index (χ2n) is 6.73. The van der Waals surface area contributed by atoms with E-state index in [1.165, 1.54) is 0 Å². The molecule has 2 nitrogen and oxygen atoms in total. The fourth-order valence-corrected chi connectivity index (χ4v) is 3.06. The Balaban J connectivity index is 2.82. The molecule has 94 valence electrons. The minimum absolute atomic E-state index is 0.108. The van der Waals surface area contributed by atoms with Crippen molar-refractivity contribution in [3.8, 4) is 0 Å².